The van der Waals surface area contributed by atoms with Crippen LogP contribution in [0.15, 0.2) is 33.5 Å². The first-order chi connectivity index (χ1) is 9.61. The third-order valence-electron chi connectivity index (χ3n) is 2.99. The summed E-state index contributed by atoms with van der Waals surface area (Å²) in [7, 11) is 0. The third kappa shape index (κ3) is 1.83. The number of nitriles is 1. The highest BCUT2D eigenvalue weighted by Gasteiger charge is 2.33. The molecular formula is C12H8BrN5O2. The van der Waals surface area contributed by atoms with E-state index in [2.05, 4.69) is 21.0 Å². The second-order valence-electron chi connectivity index (χ2n) is 4.20. The molecule has 0 N–H and O–H groups in total. The Labute approximate surface area is 121 Å². The molecule has 0 aliphatic carbocycles. The first-order valence-corrected chi connectivity index (χ1v) is 6.54. The number of hydrogen-bond donors (Lipinski definition) is 0. The van der Waals surface area contributed by atoms with Crippen LogP contribution in [0, 0.1) is 11.3 Å². The van der Waals surface area contributed by atoms with Gasteiger partial charge in [-0.1, -0.05) is 15.9 Å². The van der Waals surface area contributed by atoms with Crippen LogP contribution in [0.5, 0.6) is 0 Å². The van der Waals surface area contributed by atoms with Crippen molar-refractivity contribution in [2.24, 2.45) is 0 Å². The standard InChI is InChI=1S/C12H8BrN5O2/c13-8-1-3-9(4-2-8)16-7-10-15-17(6-5-14)12(20)18(10)11(16)19/h1-4H,6-7H2. The molecule has 1 aromatic carbocycles. The number of amides is 1. The molecule has 1 amide bonds. The average molecular weight is 334 g/mol. The van der Waals surface area contributed by atoms with Crippen LogP contribution in [0.2, 0.25) is 0 Å². The minimum atomic E-state index is -0.578. The summed E-state index contributed by atoms with van der Waals surface area (Å²) in [6.45, 7) is 0.0541. The minimum Gasteiger partial charge on any atom is -0.286 e. The van der Waals surface area contributed by atoms with Crippen LogP contribution < -0.4 is 10.6 Å². The van der Waals surface area contributed by atoms with Gasteiger partial charge in [0.05, 0.1) is 12.6 Å². The number of anilines is 1. The molecule has 0 atom stereocenters. The summed E-state index contributed by atoms with van der Waals surface area (Å²) in [5.41, 5.74) is 0.112. The van der Waals surface area contributed by atoms with Gasteiger partial charge in [0, 0.05) is 10.2 Å². The smallest absolute Gasteiger partial charge is 0.286 e. The van der Waals surface area contributed by atoms with Crippen LogP contribution in [0.25, 0.3) is 0 Å². The highest BCUT2D eigenvalue weighted by Crippen LogP contribution is 2.23. The van der Waals surface area contributed by atoms with Gasteiger partial charge in [-0.2, -0.15) is 19.6 Å². The predicted molar refractivity (Wildman–Crippen MR) is 73.2 cm³/mol. The molecule has 20 heavy (non-hydrogen) atoms. The lowest BCUT2D eigenvalue weighted by atomic mass is 10.3. The van der Waals surface area contributed by atoms with Crippen molar-refractivity contribution in [1.29, 1.82) is 5.26 Å². The number of carbonyl (C=O) groups excluding carboxylic acids is 1. The van der Waals surface area contributed by atoms with E-state index in [4.69, 9.17) is 5.26 Å². The van der Waals surface area contributed by atoms with Crippen LogP contribution in [-0.2, 0) is 13.1 Å². The summed E-state index contributed by atoms with van der Waals surface area (Å²) in [6, 6.07) is 8.58. The van der Waals surface area contributed by atoms with E-state index in [0.717, 1.165) is 13.7 Å². The van der Waals surface area contributed by atoms with Gasteiger partial charge in [-0.15, -0.1) is 0 Å². The maximum Gasteiger partial charge on any atom is 0.355 e. The highest BCUT2D eigenvalue weighted by molar-refractivity contribution is 9.10. The Morgan fingerprint density at radius 3 is 2.60 bits per heavy atom. The van der Waals surface area contributed by atoms with Crippen LogP contribution >= 0.6 is 15.9 Å². The molecule has 0 bridgehead atoms. The van der Waals surface area contributed by atoms with Crippen molar-refractivity contribution < 1.29 is 4.79 Å². The Kier molecular flexibility index (Phi) is 2.91. The Morgan fingerprint density at radius 2 is 2.00 bits per heavy atom. The van der Waals surface area contributed by atoms with E-state index in [9.17, 15) is 9.59 Å². The molecule has 0 radical (unpaired) electrons. The monoisotopic (exact) mass is 333 g/mol. The van der Waals surface area contributed by atoms with Crippen molar-refractivity contribution in [3.8, 4) is 6.07 Å². The molecule has 2 aromatic rings. The summed E-state index contributed by atoms with van der Waals surface area (Å²) >= 11 is 3.32. The molecule has 1 aliphatic rings. The zero-order valence-corrected chi connectivity index (χ0v) is 11.7. The van der Waals surface area contributed by atoms with Crippen molar-refractivity contribution in [2.45, 2.75) is 13.1 Å². The SMILES string of the molecule is N#CCn1nc2n(c1=O)C(=O)N(c1ccc(Br)cc1)C2. The van der Waals surface area contributed by atoms with E-state index in [1.807, 2.05) is 18.2 Å². The molecule has 0 saturated carbocycles. The molecule has 1 aliphatic heterocycles. The van der Waals surface area contributed by atoms with Gasteiger partial charge in [0.1, 0.15) is 6.54 Å². The van der Waals surface area contributed by atoms with Crippen molar-refractivity contribution in [2.75, 3.05) is 4.90 Å². The number of aromatic nitrogens is 3. The zero-order valence-electron chi connectivity index (χ0n) is 10.2. The normalized spacial score (nSPS) is 13.4. The fourth-order valence-corrected chi connectivity index (χ4v) is 2.33. The van der Waals surface area contributed by atoms with Gasteiger partial charge >= 0.3 is 11.7 Å². The molecule has 1 aromatic heterocycles. The predicted octanol–water partition coefficient (Wildman–Crippen LogP) is 1.32. The van der Waals surface area contributed by atoms with E-state index in [-0.39, 0.29) is 13.1 Å². The summed E-state index contributed by atoms with van der Waals surface area (Å²) in [6.07, 6.45) is 0. The number of halogens is 1. The number of rotatable bonds is 2. The second kappa shape index (κ2) is 4.61. The number of nitrogens with zero attached hydrogens (tertiary/aromatic N) is 5. The average Bonchev–Trinajstić information content (AvgIpc) is 2.90. The Morgan fingerprint density at radius 1 is 1.30 bits per heavy atom. The minimum absolute atomic E-state index is 0.162. The molecule has 100 valence electrons. The topological polar surface area (TPSA) is 83.9 Å². The number of benzene rings is 1. The molecule has 0 fully saturated rings. The van der Waals surface area contributed by atoms with E-state index >= 15 is 0 Å². The lowest BCUT2D eigenvalue weighted by Gasteiger charge is -2.14. The van der Waals surface area contributed by atoms with Gasteiger partial charge in [0.15, 0.2) is 5.82 Å². The van der Waals surface area contributed by atoms with E-state index in [1.54, 1.807) is 12.1 Å². The molecule has 0 spiro atoms. The van der Waals surface area contributed by atoms with Crippen molar-refractivity contribution >= 4 is 27.6 Å². The molecule has 3 rings (SSSR count). The Balaban J connectivity index is 1.98. The number of carbonyl (C=O) groups is 1. The van der Waals surface area contributed by atoms with Crippen LogP contribution in [-0.4, -0.2) is 20.4 Å². The van der Waals surface area contributed by atoms with E-state index in [0.29, 0.717) is 11.5 Å². The Bertz CT molecular complexity index is 784. The summed E-state index contributed by atoms with van der Waals surface area (Å²) in [5, 5.41) is 12.6. The van der Waals surface area contributed by atoms with Crippen molar-refractivity contribution in [1.82, 2.24) is 14.3 Å². The summed E-state index contributed by atoms with van der Waals surface area (Å²) < 4.78 is 2.90. The van der Waals surface area contributed by atoms with E-state index < -0.39 is 11.7 Å². The fraction of sp³-hybridized carbons (Fsp3) is 0.167. The second-order valence-corrected chi connectivity index (χ2v) is 5.11. The van der Waals surface area contributed by atoms with Gasteiger partial charge in [-0.05, 0) is 24.3 Å². The van der Waals surface area contributed by atoms with E-state index in [1.165, 1.54) is 4.90 Å². The third-order valence-corrected chi connectivity index (χ3v) is 3.52. The quantitative estimate of drug-likeness (QED) is 0.829. The number of hydrogen-bond acceptors (Lipinski definition) is 4. The van der Waals surface area contributed by atoms with Crippen molar-refractivity contribution in [3.05, 3.63) is 45.0 Å². The van der Waals surface area contributed by atoms with Gasteiger partial charge in [0.2, 0.25) is 0 Å². The van der Waals surface area contributed by atoms with Crippen LogP contribution in [0.4, 0.5) is 10.5 Å². The zero-order chi connectivity index (χ0) is 14.3. The largest absolute Gasteiger partial charge is 0.355 e. The molecule has 0 unspecified atom stereocenters. The van der Waals surface area contributed by atoms with Crippen LogP contribution in [0.1, 0.15) is 5.82 Å². The number of fused-ring (bicyclic) bond motifs is 1. The van der Waals surface area contributed by atoms with Gasteiger partial charge < -0.3 is 0 Å². The first kappa shape index (κ1) is 12.6. The highest BCUT2D eigenvalue weighted by atomic mass is 79.9. The summed E-state index contributed by atoms with van der Waals surface area (Å²) in [4.78, 5) is 25.7. The molecular weight excluding hydrogens is 326 g/mol. The molecule has 8 heteroatoms. The lowest BCUT2D eigenvalue weighted by Crippen LogP contribution is -2.34. The van der Waals surface area contributed by atoms with Gasteiger partial charge in [-0.3, -0.25) is 4.90 Å². The van der Waals surface area contributed by atoms with Gasteiger partial charge in [-0.25, -0.2) is 9.59 Å². The maximum absolute atomic E-state index is 12.3. The van der Waals surface area contributed by atoms with Crippen LogP contribution in [0.3, 0.4) is 0 Å². The molecule has 0 saturated heterocycles. The Hall–Kier alpha value is -2.40. The summed E-state index contributed by atoms with van der Waals surface area (Å²) in [5.74, 6) is 0.346. The lowest BCUT2D eigenvalue weighted by molar-refractivity contribution is 0.250. The maximum atomic E-state index is 12.3. The van der Waals surface area contributed by atoms with Crippen molar-refractivity contribution in [3.63, 3.8) is 0 Å². The molecule has 2 heterocycles. The van der Waals surface area contributed by atoms with Gasteiger partial charge in [0.25, 0.3) is 0 Å². The fourth-order valence-electron chi connectivity index (χ4n) is 2.07. The molecule has 7 nitrogen and oxygen atoms in total. The first-order valence-electron chi connectivity index (χ1n) is 5.75.